The zero-order valence-electron chi connectivity index (χ0n) is 10.9. The number of nitrogens with zero attached hydrogens (tertiary/aromatic N) is 1. The molecule has 98 valence electrons. The van der Waals surface area contributed by atoms with E-state index < -0.39 is 6.04 Å². The Hall–Kier alpha value is -1.42. The van der Waals surface area contributed by atoms with Crippen LogP contribution in [0.2, 0.25) is 0 Å². The number of hydrogen-bond donors (Lipinski definition) is 2. The minimum absolute atomic E-state index is 0.104. The summed E-state index contributed by atoms with van der Waals surface area (Å²) < 4.78 is 0. The second-order valence-electron chi connectivity index (χ2n) is 5.17. The first-order chi connectivity index (χ1) is 8.65. The summed E-state index contributed by atoms with van der Waals surface area (Å²) >= 11 is 0. The second kappa shape index (κ2) is 5.96. The van der Waals surface area contributed by atoms with Crippen molar-refractivity contribution in [1.29, 1.82) is 0 Å². The van der Waals surface area contributed by atoms with Crippen molar-refractivity contribution in [2.24, 2.45) is 11.7 Å². The number of aryl methyl sites for hydroxylation is 1. The third-order valence-corrected chi connectivity index (χ3v) is 3.58. The predicted molar refractivity (Wildman–Crippen MR) is 72.2 cm³/mol. The Morgan fingerprint density at radius 2 is 2.22 bits per heavy atom. The first-order valence-electron chi connectivity index (χ1n) is 6.64. The van der Waals surface area contributed by atoms with Gasteiger partial charge in [0.05, 0.1) is 17.9 Å². The van der Waals surface area contributed by atoms with Crippen LogP contribution in [-0.4, -0.2) is 16.9 Å². The molecule has 1 saturated carbocycles. The number of hydrogen-bond acceptors (Lipinski definition) is 3. The van der Waals surface area contributed by atoms with E-state index in [0.717, 1.165) is 12.1 Å². The summed E-state index contributed by atoms with van der Waals surface area (Å²) in [7, 11) is 0. The molecule has 4 heteroatoms. The van der Waals surface area contributed by atoms with Crippen LogP contribution in [-0.2, 0) is 4.79 Å². The van der Waals surface area contributed by atoms with Crippen LogP contribution in [0.1, 0.15) is 37.8 Å². The molecule has 1 amide bonds. The number of nitrogens with one attached hydrogen (secondary N) is 1. The van der Waals surface area contributed by atoms with Gasteiger partial charge in [-0.2, -0.15) is 0 Å². The third-order valence-electron chi connectivity index (χ3n) is 3.58. The normalized spacial score (nSPS) is 17.7. The second-order valence-corrected chi connectivity index (χ2v) is 5.17. The Balaban J connectivity index is 1.84. The summed E-state index contributed by atoms with van der Waals surface area (Å²) in [6.45, 7) is 1.91. The number of carbonyl (C=O) groups excluding carboxylic acids is 1. The molecule has 1 aromatic rings. The van der Waals surface area contributed by atoms with Gasteiger partial charge < -0.3 is 11.1 Å². The highest BCUT2D eigenvalue weighted by molar-refractivity contribution is 5.94. The van der Waals surface area contributed by atoms with Crippen LogP contribution in [0.4, 0.5) is 5.69 Å². The van der Waals surface area contributed by atoms with Crippen molar-refractivity contribution in [2.45, 2.75) is 45.1 Å². The fraction of sp³-hybridized carbons (Fsp3) is 0.571. The van der Waals surface area contributed by atoms with E-state index in [1.807, 2.05) is 19.1 Å². The molecule has 0 spiro atoms. The van der Waals surface area contributed by atoms with Gasteiger partial charge in [0.25, 0.3) is 0 Å². The molecule has 2 rings (SSSR count). The molecule has 1 aliphatic carbocycles. The van der Waals surface area contributed by atoms with Crippen molar-refractivity contribution >= 4 is 11.6 Å². The molecular weight excluding hydrogens is 226 g/mol. The van der Waals surface area contributed by atoms with Crippen LogP contribution in [0.25, 0.3) is 0 Å². The van der Waals surface area contributed by atoms with E-state index in [1.165, 1.54) is 25.7 Å². The van der Waals surface area contributed by atoms with Crippen molar-refractivity contribution < 1.29 is 4.79 Å². The van der Waals surface area contributed by atoms with Crippen molar-refractivity contribution in [3.05, 3.63) is 24.0 Å². The van der Waals surface area contributed by atoms with E-state index in [9.17, 15) is 4.79 Å². The van der Waals surface area contributed by atoms with E-state index in [4.69, 9.17) is 5.73 Å². The zero-order valence-corrected chi connectivity index (χ0v) is 10.9. The van der Waals surface area contributed by atoms with Crippen molar-refractivity contribution in [3.8, 4) is 0 Å². The number of aromatic nitrogens is 1. The van der Waals surface area contributed by atoms with Gasteiger partial charge in [-0.25, -0.2) is 0 Å². The van der Waals surface area contributed by atoms with Gasteiger partial charge in [0.2, 0.25) is 5.91 Å². The fourth-order valence-corrected chi connectivity index (χ4v) is 2.49. The first kappa shape index (κ1) is 13.0. The third kappa shape index (κ3) is 3.53. The lowest BCUT2D eigenvalue weighted by molar-refractivity contribution is -0.117. The molecule has 1 aliphatic rings. The smallest absolute Gasteiger partial charge is 0.241 e. The number of rotatable bonds is 4. The van der Waals surface area contributed by atoms with E-state index in [-0.39, 0.29) is 5.91 Å². The van der Waals surface area contributed by atoms with Crippen LogP contribution in [0, 0.1) is 12.8 Å². The van der Waals surface area contributed by atoms with Gasteiger partial charge in [-0.3, -0.25) is 9.78 Å². The highest BCUT2D eigenvalue weighted by Gasteiger charge is 2.22. The maximum absolute atomic E-state index is 11.9. The number of nitrogens with two attached hydrogens (primary N) is 1. The number of carbonyl (C=O) groups is 1. The van der Waals surface area contributed by atoms with E-state index in [1.54, 1.807) is 6.20 Å². The molecule has 0 aromatic carbocycles. The predicted octanol–water partition coefficient (Wildman–Crippen LogP) is 2.24. The van der Waals surface area contributed by atoms with Gasteiger partial charge in [-0.15, -0.1) is 0 Å². The van der Waals surface area contributed by atoms with Gasteiger partial charge in [-0.05, 0) is 31.4 Å². The van der Waals surface area contributed by atoms with Crippen LogP contribution < -0.4 is 11.1 Å². The van der Waals surface area contributed by atoms with Crippen molar-refractivity contribution in [3.63, 3.8) is 0 Å². The molecule has 0 radical (unpaired) electrons. The minimum Gasteiger partial charge on any atom is -0.323 e. The van der Waals surface area contributed by atoms with Gasteiger partial charge in [0.15, 0.2) is 0 Å². The minimum atomic E-state index is -0.408. The summed E-state index contributed by atoms with van der Waals surface area (Å²) in [4.78, 5) is 16.1. The summed E-state index contributed by atoms with van der Waals surface area (Å²) in [5.41, 5.74) is 7.59. The molecule has 0 bridgehead atoms. The highest BCUT2D eigenvalue weighted by atomic mass is 16.2. The lowest BCUT2D eigenvalue weighted by atomic mass is 9.98. The van der Waals surface area contributed by atoms with Gasteiger partial charge >= 0.3 is 0 Å². The maximum atomic E-state index is 11.9. The van der Waals surface area contributed by atoms with Crippen LogP contribution in [0.3, 0.4) is 0 Å². The average molecular weight is 247 g/mol. The topological polar surface area (TPSA) is 68.0 Å². The van der Waals surface area contributed by atoms with Crippen molar-refractivity contribution in [1.82, 2.24) is 4.98 Å². The Labute approximate surface area is 108 Å². The maximum Gasteiger partial charge on any atom is 0.241 e. The molecule has 1 aromatic heterocycles. The van der Waals surface area contributed by atoms with Crippen LogP contribution in [0.15, 0.2) is 18.3 Å². The number of amides is 1. The SMILES string of the molecule is Cc1ccc(NC(=O)[C@@H](N)CC2CCCC2)cn1. The van der Waals surface area contributed by atoms with Crippen molar-refractivity contribution in [2.75, 3.05) is 5.32 Å². The molecule has 0 unspecified atom stereocenters. The van der Waals surface area contributed by atoms with E-state index >= 15 is 0 Å². The highest BCUT2D eigenvalue weighted by Crippen LogP contribution is 2.28. The Morgan fingerprint density at radius 3 is 2.83 bits per heavy atom. The Morgan fingerprint density at radius 1 is 1.50 bits per heavy atom. The molecule has 1 heterocycles. The molecule has 3 N–H and O–H groups in total. The molecule has 0 aliphatic heterocycles. The molecule has 1 atom stereocenters. The zero-order chi connectivity index (χ0) is 13.0. The summed E-state index contributed by atoms with van der Waals surface area (Å²) in [5, 5.41) is 2.82. The molecule has 1 fully saturated rings. The van der Waals surface area contributed by atoms with Crippen LogP contribution >= 0.6 is 0 Å². The Bertz CT molecular complexity index is 396. The molecule has 0 saturated heterocycles. The largest absolute Gasteiger partial charge is 0.323 e. The van der Waals surface area contributed by atoms with E-state index in [0.29, 0.717) is 11.6 Å². The quantitative estimate of drug-likeness (QED) is 0.857. The van der Waals surface area contributed by atoms with Gasteiger partial charge in [0, 0.05) is 5.69 Å². The molecular formula is C14H21N3O. The van der Waals surface area contributed by atoms with Crippen LogP contribution in [0.5, 0.6) is 0 Å². The molecule has 18 heavy (non-hydrogen) atoms. The first-order valence-corrected chi connectivity index (χ1v) is 6.64. The average Bonchev–Trinajstić information content (AvgIpc) is 2.85. The lowest BCUT2D eigenvalue weighted by Crippen LogP contribution is -2.37. The number of anilines is 1. The standard InChI is InChI=1S/C14H21N3O/c1-10-6-7-12(9-16-10)17-14(18)13(15)8-11-4-2-3-5-11/h6-7,9,11,13H,2-5,8,15H2,1H3,(H,17,18)/t13-/m0/s1. The summed E-state index contributed by atoms with van der Waals surface area (Å²) in [6, 6.07) is 3.31. The monoisotopic (exact) mass is 247 g/mol. The van der Waals surface area contributed by atoms with Gasteiger partial charge in [-0.1, -0.05) is 25.7 Å². The van der Waals surface area contributed by atoms with E-state index in [2.05, 4.69) is 10.3 Å². The number of pyridine rings is 1. The lowest BCUT2D eigenvalue weighted by Gasteiger charge is -2.16. The molecule has 4 nitrogen and oxygen atoms in total. The summed E-state index contributed by atoms with van der Waals surface area (Å²) in [5.74, 6) is 0.523. The fourth-order valence-electron chi connectivity index (χ4n) is 2.49. The Kier molecular flexibility index (Phi) is 4.31. The van der Waals surface area contributed by atoms with Gasteiger partial charge in [0.1, 0.15) is 0 Å². The summed E-state index contributed by atoms with van der Waals surface area (Å²) in [6.07, 6.45) is 7.45.